The average Bonchev–Trinajstić information content (AvgIpc) is 2.79. The van der Waals surface area contributed by atoms with Gasteiger partial charge in [-0.15, -0.1) is 0 Å². The van der Waals surface area contributed by atoms with E-state index >= 15 is 0 Å². The van der Waals surface area contributed by atoms with Crippen molar-refractivity contribution in [2.45, 2.75) is 19.4 Å². The fourth-order valence-corrected chi connectivity index (χ4v) is 3.78. The Bertz CT molecular complexity index is 1030. The zero-order chi connectivity index (χ0) is 20.8. The Morgan fingerprint density at radius 3 is 2.73 bits per heavy atom. The highest BCUT2D eigenvalue weighted by molar-refractivity contribution is 6.04. The van der Waals surface area contributed by atoms with Crippen LogP contribution in [0.3, 0.4) is 0 Å². The quantitative estimate of drug-likeness (QED) is 0.538. The van der Waals surface area contributed by atoms with E-state index in [0.29, 0.717) is 23.6 Å². The van der Waals surface area contributed by atoms with Gasteiger partial charge in [0.1, 0.15) is 12.4 Å². The minimum absolute atomic E-state index is 0.134. The maximum Gasteiger partial charge on any atom is 0.255 e. The van der Waals surface area contributed by atoms with E-state index in [0.717, 1.165) is 19.5 Å². The SMILES string of the molecule is C=CCOc1cccc(NC(=O)c2ccc(CN3CCCc4ccccc43)cc2)c1. The summed E-state index contributed by atoms with van der Waals surface area (Å²) in [6.45, 7) is 5.98. The van der Waals surface area contributed by atoms with Crippen molar-refractivity contribution >= 4 is 17.3 Å². The number of nitrogens with one attached hydrogen (secondary N) is 1. The minimum Gasteiger partial charge on any atom is -0.489 e. The van der Waals surface area contributed by atoms with Gasteiger partial charge in [0, 0.05) is 36.1 Å². The number of hydrogen-bond acceptors (Lipinski definition) is 3. The van der Waals surface area contributed by atoms with Crippen LogP contribution in [0.15, 0.2) is 85.5 Å². The largest absolute Gasteiger partial charge is 0.489 e. The van der Waals surface area contributed by atoms with Crippen LogP contribution in [0.5, 0.6) is 5.75 Å². The molecular formula is C26H26N2O2. The summed E-state index contributed by atoms with van der Waals surface area (Å²) < 4.78 is 5.52. The third-order valence-corrected chi connectivity index (χ3v) is 5.26. The summed E-state index contributed by atoms with van der Waals surface area (Å²) in [5.74, 6) is 0.565. The van der Waals surface area contributed by atoms with Crippen LogP contribution in [0, 0.1) is 0 Å². The van der Waals surface area contributed by atoms with Crippen LogP contribution < -0.4 is 15.0 Å². The number of benzene rings is 3. The molecule has 3 aromatic rings. The molecule has 152 valence electrons. The highest BCUT2D eigenvalue weighted by atomic mass is 16.5. The maximum atomic E-state index is 12.6. The lowest BCUT2D eigenvalue weighted by Gasteiger charge is -2.31. The molecule has 1 amide bonds. The summed E-state index contributed by atoms with van der Waals surface area (Å²) in [6, 6.07) is 23.8. The van der Waals surface area contributed by atoms with E-state index in [1.807, 2.05) is 48.5 Å². The number of rotatable bonds is 7. The predicted molar refractivity (Wildman–Crippen MR) is 122 cm³/mol. The van der Waals surface area contributed by atoms with E-state index in [1.165, 1.54) is 23.2 Å². The lowest BCUT2D eigenvalue weighted by molar-refractivity contribution is 0.102. The standard InChI is InChI=1S/C26H26N2O2/c1-2-17-30-24-10-5-9-23(18-24)27-26(29)22-14-12-20(13-15-22)19-28-16-6-8-21-7-3-4-11-25(21)28/h2-5,7,9-15,18H,1,6,8,16-17,19H2,(H,27,29). The molecule has 1 heterocycles. The number of nitrogens with zero attached hydrogens (tertiary/aromatic N) is 1. The second-order valence-corrected chi connectivity index (χ2v) is 7.43. The summed E-state index contributed by atoms with van der Waals surface area (Å²) in [5.41, 5.74) is 5.28. The van der Waals surface area contributed by atoms with E-state index in [2.05, 4.69) is 41.1 Å². The second kappa shape index (κ2) is 9.31. The van der Waals surface area contributed by atoms with Crippen LogP contribution in [0.2, 0.25) is 0 Å². The van der Waals surface area contributed by atoms with Gasteiger partial charge >= 0.3 is 0 Å². The Kier molecular flexibility index (Phi) is 6.14. The van der Waals surface area contributed by atoms with Crippen molar-refractivity contribution in [2.24, 2.45) is 0 Å². The molecule has 0 spiro atoms. The fraction of sp³-hybridized carbons (Fsp3) is 0.192. The van der Waals surface area contributed by atoms with Crippen molar-refractivity contribution in [3.8, 4) is 5.75 Å². The molecule has 0 aromatic heterocycles. The number of fused-ring (bicyclic) bond motifs is 1. The molecular weight excluding hydrogens is 372 g/mol. The number of aryl methyl sites for hydroxylation is 1. The monoisotopic (exact) mass is 398 g/mol. The second-order valence-electron chi connectivity index (χ2n) is 7.43. The van der Waals surface area contributed by atoms with Crippen molar-refractivity contribution in [3.63, 3.8) is 0 Å². The van der Waals surface area contributed by atoms with E-state index in [9.17, 15) is 4.79 Å². The summed E-state index contributed by atoms with van der Waals surface area (Å²) in [6.07, 6.45) is 4.01. The predicted octanol–water partition coefficient (Wildman–Crippen LogP) is 5.46. The number of carbonyl (C=O) groups is 1. The smallest absolute Gasteiger partial charge is 0.255 e. The first-order valence-corrected chi connectivity index (χ1v) is 10.3. The first kappa shape index (κ1) is 19.8. The minimum atomic E-state index is -0.134. The fourth-order valence-electron chi connectivity index (χ4n) is 3.78. The van der Waals surface area contributed by atoms with Gasteiger partial charge in [-0.3, -0.25) is 4.79 Å². The van der Waals surface area contributed by atoms with Crippen LogP contribution >= 0.6 is 0 Å². The van der Waals surface area contributed by atoms with Crippen molar-refractivity contribution < 1.29 is 9.53 Å². The van der Waals surface area contributed by atoms with Crippen molar-refractivity contribution in [2.75, 3.05) is 23.4 Å². The molecule has 1 aliphatic rings. The molecule has 4 heteroatoms. The molecule has 0 fully saturated rings. The molecule has 30 heavy (non-hydrogen) atoms. The Morgan fingerprint density at radius 2 is 1.90 bits per heavy atom. The van der Waals surface area contributed by atoms with E-state index in [-0.39, 0.29) is 5.91 Å². The number of amides is 1. The number of anilines is 2. The molecule has 0 aliphatic carbocycles. The molecule has 0 saturated heterocycles. The molecule has 0 unspecified atom stereocenters. The van der Waals surface area contributed by atoms with Gasteiger partial charge < -0.3 is 15.0 Å². The first-order chi connectivity index (χ1) is 14.7. The van der Waals surface area contributed by atoms with E-state index in [4.69, 9.17) is 4.74 Å². The lowest BCUT2D eigenvalue weighted by atomic mass is 10.0. The molecule has 1 aliphatic heterocycles. The molecule has 4 rings (SSSR count). The van der Waals surface area contributed by atoms with Crippen LogP contribution in [0.1, 0.15) is 27.9 Å². The van der Waals surface area contributed by atoms with Gasteiger partial charge in [-0.1, -0.05) is 49.1 Å². The van der Waals surface area contributed by atoms with Gasteiger partial charge in [-0.05, 0) is 54.3 Å². The van der Waals surface area contributed by atoms with E-state index in [1.54, 1.807) is 6.08 Å². The Labute approximate surface area is 177 Å². The normalized spacial score (nSPS) is 12.7. The number of para-hydroxylation sites is 1. The van der Waals surface area contributed by atoms with Crippen molar-refractivity contribution in [1.82, 2.24) is 0 Å². The van der Waals surface area contributed by atoms with Crippen LogP contribution in [-0.4, -0.2) is 19.1 Å². The zero-order valence-electron chi connectivity index (χ0n) is 17.0. The number of carbonyl (C=O) groups excluding carboxylic acids is 1. The van der Waals surface area contributed by atoms with E-state index < -0.39 is 0 Å². The van der Waals surface area contributed by atoms with Crippen LogP contribution in [0.4, 0.5) is 11.4 Å². The highest BCUT2D eigenvalue weighted by Gasteiger charge is 2.16. The summed E-state index contributed by atoms with van der Waals surface area (Å²) >= 11 is 0. The molecule has 3 aromatic carbocycles. The topological polar surface area (TPSA) is 41.6 Å². The van der Waals surface area contributed by atoms with Gasteiger partial charge in [0.2, 0.25) is 0 Å². The van der Waals surface area contributed by atoms with Gasteiger partial charge in [-0.2, -0.15) is 0 Å². The van der Waals surface area contributed by atoms with Crippen LogP contribution in [-0.2, 0) is 13.0 Å². The van der Waals surface area contributed by atoms with Gasteiger partial charge in [0.15, 0.2) is 0 Å². The molecule has 0 radical (unpaired) electrons. The Hall–Kier alpha value is -3.53. The number of ether oxygens (including phenoxy) is 1. The maximum absolute atomic E-state index is 12.6. The van der Waals surface area contributed by atoms with Gasteiger partial charge in [0.05, 0.1) is 0 Å². The third-order valence-electron chi connectivity index (χ3n) is 5.26. The lowest BCUT2D eigenvalue weighted by Crippen LogP contribution is -2.28. The Balaban J connectivity index is 1.40. The summed E-state index contributed by atoms with van der Waals surface area (Å²) in [4.78, 5) is 15.0. The first-order valence-electron chi connectivity index (χ1n) is 10.3. The molecule has 1 N–H and O–H groups in total. The molecule has 0 atom stereocenters. The van der Waals surface area contributed by atoms with Crippen molar-refractivity contribution in [1.29, 1.82) is 0 Å². The van der Waals surface area contributed by atoms with Gasteiger partial charge in [-0.25, -0.2) is 0 Å². The van der Waals surface area contributed by atoms with Gasteiger partial charge in [0.25, 0.3) is 5.91 Å². The summed E-state index contributed by atoms with van der Waals surface area (Å²) in [7, 11) is 0. The Morgan fingerprint density at radius 1 is 1.07 bits per heavy atom. The molecule has 0 bridgehead atoms. The zero-order valence-corrected chi connectivity index (χ0v) is 17.0. The molecule has 0 saturated carbocycles. The summed E-state index contributed by atoms with van der Waals surface area (Å²) in [5, 5.41) is 2.93. The van der Waals surface area contributed by atoms with Crippen LogP contribution in [0.25, 0.3) is 0 Å². The highest BCUT2D eigenvalue weighted by Crippen LogP contribution is 2.28. The number of hydrogen-bond donors (Lipinski definition) is 1. The average molecular weight is 399 g/mol. The van der Waals surface area contributed by atoms with Crippen molar-refractivity contribution in [3.05, 3.63) is 102 Å². The molecule has 4 nitrogen and oxygen atoms in total. The third kappa shape index (κ3) is 4.71.